The van der Waals surface area contributed by atoms with Crippen LogP contribution in [0.4, 0.5) is 0 Å². The number of carbonyl (C=O) groups excluding carboxylic acids is 1. The van der Waals surface area contributed by atoms with Gasteiger partial charge in [0.25, 0.3) is 5.91 Å². The van der Waals surface area contributed by atoms with Gasteiger partial charge in [0, 0.05) is 25.2 Å². The number of amides is 1. The fourth-order valence-corrected chi connectivity index (χ4v) is 2.30. The Morgan fingerprint density at radius 1 is 1.29 bits per heavy atom. The minimum absolute atomic E-state index is 0.149. The zero-order valence-electron chi connectivity index (χ0n) is 10.6. The summed E-state index contributed by atoms with van der Waals surface area (Å²) in [5, 5.41) is 3.34. The summed E-state index contributed by atoms with van der Waals surface area (Å²) in [6.45, 7) is 7.51. The number of rotatable bonds is 3. The van der Waals surface area contributed by atoms with Crippen molar-refractivity contribution in [2.24, 2.45) is 0 Å². The van der Waals surface area contributed by atoms with Crippen LogP contribution in [0.3, 0.4) is 0 Å². The average molecular weight is 232 g/mol. The van der Waals surface area contributed by atoms with E-state index < -0.39 is 0 Å². The third-order valence-corrected chi connectivity index (χ3v) is 3.39. The number of fused-ring (bicyclic) bond motifs is 1. The van der Waals surface area contributed by atoms with Crippen molar-refractivity contribution in [3.05, 3.63) is 34.9 Å². The quantitative estimate of drug-likeness (QED) is 0.862. The molecular weight excluding hydrogens is 212 g/mol. The maximum atomic E-state index is 12.2. The summed E-state index contributed by atoms with van der Waals surface area (Å²) in [5.74, 6) is 0.149. The molecule has 0 saturated heterocycles. The molecule has 3 heteroatoms. The normalized spacial score (nSPS) is 14.2. The minimum Gasteiger partial charge on any atom is -0.339 e. The molecule has 0 bridgehead atoms. The average Bonchev–Trinajstić information content (AvgIpc) is 2.39. The Bertz CT molecular complexity index is 411. The van der Waals surface area contributed by atoms with Gasteiger partial charge >= 0.3 is 0 Å². The smallest absolute Gasteiger partial charge is 0.253 e. The molecule has 1 aliphatic rings. The molecule has 1 aromatic carbocycles. The van der Waals surface area contributed by atoms with Gasteiger partial charge in [-0.05, 0) is 50.1 Å². The Morgan fingerprint density at radius 2 is 2.06 bits per heavy atom. The first-order valence-electron chi connectivity index (χ1n) is 6.38. The summed E-state index contributed by atoms with van der Waals surface area (Å²) in [6, 6.07) is 6.10. The summed E-state index contributed by atoms with van der Waals surface area (Å²) in [7, 11) is 0. The fraction of sp³-hybridized carbons (Fsp3) is 0.500. The second kappa shape index (κ2) is 5.32. The van der Waals surface area contributed by atoms with E-state index >= 15 is 0 Å². The first kappa shape index (κ1) is 12.1. The third-order valence-electron chi connectivity index (χ3n) is 3.39. The van der Waals surface area contributed by atoms with Gasteiger partial charge in [-0.1, -0.05) is 6.07 Å². The molecule has 1 aromatic rings. The molecule has 3 nitrogen and oxygen atoms in total. The van der Waals surface area contributed by atoms with Crippen molar-refractivity contribution in [3.63, 3.8) is 0 Å². The lowest BCUT2D eigenvalue weighted by Crippen LogP contribution is -2.31. The maximum absolute atomic E-state index is 12.2. The molecule has 92 valence electrons. The Kier molecular flexibility index (Phi) is 3.79. The number of hydrogen-bond acceptors (Lipinski definition) is 2. The van der Waals surface area contributed by atoms with E-state index in [-0.39, 0.29) is 5.91 Å². The van der Waals surface area contributed by atoms with Crippen molar-refractivity contribution < 1.29 is 4.79 Å². The first-order chi connectivity index (χ1) is 8.26. The number of nitrogens with one attached hydrogen (secondary N) is 1. The summed E-state index contributed by atoms with van der Waals surface area (Å²) in [5.41, 5.74) is 3.48. The first-order valence-corrected chi connectivity index (χ1v) is 6.38. The SMILES string of the molecule is CCN(CC)C(=O)c1ccc2c(c1)CCNC2. The highest BCUT2D eigenvalue weighted by Crippen LogP contribution is 2.17. The van der Waals surface area contributed by atoms with Crippen LogP contribution in [0.1, 0.15) is 35.3 Å². The molecule has 0 aliphatic carbocycles. The molecular formula is C14H20N2O. The van der Waals surface area contributed by atoms with Crippen molar-refractivity contribution in [1.29, 1.82) is 0 Å². The maximum Gasteiger partial charge on any atom is 0.253 e. The van der Waals surface area contributed by atoms with Crippen LogP contribution in [-0.2, 0) is 13.0 Å². The molecule has 1 heterocycles. The van der Waals surface area contributed by atoms with Gasteiger partial charge in [-0.15, -0.1) is 0 Å². The van der Waals surface area contributed by atoms with Gasteiger partial charge in [-0.25, -0.2) is 0 Å². The third kappa shape index (κ3) is 2.50. The molecule has 1 amide bonds. The molecule has 0 fully saturated rings. The number of carbonyl (C=O) groups is 1. The second-order valence-electron chi connectivity index (χ2n) is 4.39. The summed E-state index contributed by atoms with van der Waals surface area (Å²) in [6.07, 6.45) is 1.02. The van der Waals surface area contributed by atoms with Crippen molar-refractivity contribution >= 4 is 5.91 Å². The fourth-order valence-electron chi connectivity index (χ4n) is 2.30. The lowest BCUT2D eigenvalue weighted by atomic mass is 9.98. The van der Waals surface area contributed by atoms with Crippen LogP contribution in [-0.4, -0.2) is 30.4 Å². The number of hydrogen-bond donors (Lipinski definition) is 1. The molecule has 0 aromatic heterocycles. The summed E-state index contributed by atoms with van der Waals surface area (Å²) >= 11 is 0. The van der Waals surface area contributed by atoms with Crippen molar-refractivity contribution in [3.8, 4) is 0 Å². The molecule has 2 rings (SSSR count). The van der Waals surface area contributed by atoms with Gasteiger partial charge in [0.05, 0.1) is 0 Å². The van der Waals surface area contributed by atoms with Gasteiger partial charge in [0.2, 0.25) is 0 Å². The Hall–Kier alpha value is -1.35. The van der Waals surface area contributed by atoms with Gasteiger partial charge in [0.15, 0.2) is 0 Å². The molecule has 0 unspecified atom stereocenters. The van der Waals surface area contributed by atoms with Crippen LogP contribution >= 0.6 is 0 Å². The van der Waals surface area contributed by atoms with Crippen LogP contribution in [0.15, 0.2) is 18.2 Å². The molecule has 1 aliphatic heterocycles. The highest BCUT2D eigenvalue weighted by molar-refractivity contribution is 5.94. The van der Waals surface area contributed by atoms with E-state index in [0.717, 1.165) is 38.2 Å². The van der Waals surface area contributed by atoms with Crippen LogP contribution < -0.4 is 5.32 Å². The van der Waals surface area contributed by atoms with E-state index in [2.05, 4.69) is 17.4 Å². The van der Waals surface area contributed by atoms with Gasteiger partial charge in [-0.2, -0.15) is 0 Å². The highest BCUT2D eigenvalue weighted by Gasteiger charge is 2.15. The van der Waals surface area contributed by atoms with E-state index in [9.17, 15) is 4.79 Å². The molecule has 1 N–H and O–H groups in total. The van der Waals surface area contributed by atoms with Crippen molar-refractivity contribution in [1.82, 2.24) is 10.2 Å². The van der Waals surface area contributed by atoms with Gasteiger partial charge in [0.1, 0.15) is 0 Å². The van der Waals surface area contributed by atoms with Gasteiger partial charge < -0.3 is 10.2 Å². The molecule has 0 atom stereocenters. The topological polar surface area (TPSA) is 32.3 Å². The Balaban J connectivity index is 2.24. The zero-order chi connectivity index (χ0) is 12.3. The highest BCUT2D eigenvalue weighted by atomic mass is 16.2. The summed E-state index contributed by atoms with van der Waals surface area (Å²) in [4.78, 5) is 14.1. The van der Waals surface area contributed by atoms with Crippen LogP contribution in [0, 0.1) is 0 Å². The van der Waals surface area contributed by atoms with Crippen LogP contribution in [0.5, 0.6) is 0 Å². The molecule has 17 heavy (non-hydrogen) atoms. The predicted molar refractivity (Wildman–Crippen MR) is 69.1 cm³/mol. The van der Waals surface area contributed by atoms with Crippen LogP contribution in [0.25, 0.3) is 0 Å². The van der Waals surface area contributed by atoms with E-state index in [4.69, 9.17) is 0 Å². The largest absolute Gasteiger partial charge is 0.339 e. The Labute approximate surface area is 103 Å². The monoisotopic (exact) mass is 232 g/mol. The van der Waals surface area contributed by atoms with Crippen molar-refractivity contribution in [2.75, 3.05) is 19.6 Å². The van der Waals surface area contributed by atoms with E-state index in [1.54, 1.807) is 0 Å². The standard InChI is InChI=1S/C14H20N2O/c1-3-16(4-2)14(17)12-5-6-13-10-15-8-7-11(13)9-12/h5-6,9,15H,3-4,7-8,10H2,1-2H3. The summed E-state index contributed by atoms with van der Waals surface area (Å²) < 4.78 is 0. The Morgan fingerprint density at radius 3 is 2.76 bits per heavy atom. The van der Waals surface area contributed by atoms with Crippen LogP contribution in [0.2, 0.25) is 0 Å². The minimum atomic E-state index is 0.149. The molecule has 0 spiro atoms. The second-order valence-corrected chi connectivity index (χ2v) is 4.39. The van der Waals surface area contributed by atoms with Crippen molar-refractivity contribution in [2.45, 2.75) is 26.8 Å². The number of nitrogens with zero attached hydrogens (tertiary/aromatic N) is 1. The number of benzene rings is 1. The predicted octanol–water partition coefficient (Wildman–Crippen LogP) is 1.81. The lowest BCUT2D eigenvalue weighted by molar-refractivity contribution is 0.0773. The van der Waals surface area contributed by atoms with E-state index in [0.29, 0.717) is 0 Å². The van der Waals surface area contributed by atoms with E-state index in [1.165, 1.54) is 11.1 Å². The van der Waals surface area contributed by atoms with Gasteiger partial charge in [-0.3, -0.25) is 4.79 Å². The molecule has 0 radical (unpaired) electrons. The lowest BCUT2D eigenvalue weighted by Gasteiger charge is -2.21. The molecule has 0 saturated carbocycles. The zero-order valence-corrected chi connectivity index (χ0v) is 10.6. The van der Waals surface area contributed by atoms with E-state index in [1.807, 2.05) is 24.8 Å².